The highest BCUT2D eigenvalue weighted by atomic mass is 19.1. The van der Waals surface area contributed by atoms with Crippen LogP contribution in [0.4, 0.5) is 10.1 Å². The fourth-order valence-corrected chi connectivity index (χ4v) is 2.55. The normalized spacial score (nSPS) is 10.2. The lowest BCUT2D eigenvalue weighted by atomic mass is 10.2. The van der Waals surface area contributed by atoms with Crippen molar-refractivity contribution in [2.45, 2.75) is 19.9 Å². The number of rotatable bonds is 8. The molecule has 2 aromatic rings. The van der Waals surface area contributed by atoms with Gasteiger partial charge in [-0.1, -0.05) is 18.2 Å². The lowest BCUT2D eigenvalue weighted by Crippen LogP contribution is -2.31. The molecule has 2 amide bonds. The first-order chi connectivity index (χ1) is 12.9. The lowest BCUT2D eigenvalue weighted by Gasteiger charge is -2.21. The predicted octanol–water partition coefficient (Wildman–Crippen LogP) is 3.22. The number of carbonyl (C=O) groups is 2. The van der Waals surface area contributed by atoms with Gasteiger partial charge in [0.2, 0.25) is 11.8 Å². The second kappa shape index (κ2) is 9.56. The lowest BCUT2D eigenvalue weighted by molar-refractivity contribution is -0.130. The van der Waals surface area contributed by atoms with Crippen LogP contribution in [-0.2, 0) is 16.1 Å². The molecule has 2 aromatic carbocycles. The summed E-state index contributed by atoms with van der Waals surface area (Å²) >= 11 is 0. The van der Waals surface area contributed by atoms with Crippen molar-refractivity contribution in [1.82, 2.24) is 4.90 Å². The number of ether oxygens (including phenoxy) is 2. The molecule has 0 saturated heterocycles. The van der Waals surface area contributed by atoms with E-state index in [2.05, 4.69) is 5.32 Å². The molecule has 0 aromatic heterocycles. The smallest absolute Gasteiger partial charge is 0.226 e. The van der Waals surface area contributed by atoms with E-state index in [9.17, 15) is 14.0 Å². The molecular weight excluding hydrogens is 351 g/mol. The summed E-state index contributed by atoms with van der Waals surface area (Å²) in [5.74, 6) is 0.195. The maximum atomic E-state index is 13.8. The Labute approximate surface area is 157 Å². The first-order valence-corrected chi connectivity index (χ1v) is 8.45. The van der Waals surface area contributed by atoms with Gasteiger partial charge in [0.15, 0.2) is 11.5 Å². The molecule has 0 unspecified atom stereocenters. The van der Waals surface area contributed by atoms with Gasteiger partial charge >= 0.3 is 0 Å². The van der Waals surface area contributed by atoms with Crippen molar-refractivity contribution in [2.75, 3.05) is 26.1 Å². The summed E-state index contributed by atoms with van der Waals surface area (Å²) in [7, 11) is 3.04. The molecule has 0 heterocycles. The Morgan fingerprint density at radius 2 is 1.78 bits per heavy atom. The van der Waals surface area contributed by atoms with E-state index in [4.69, 9.17) is 9.47 Å². The van der Waals surface area contributed by atoms with Gasteiger partial charge < -0.3 is 19.7 Å². The molecule has 0 spiro atoms. The zero-order chi connectivity index (χ0) is 19.8. The third kappa shape index (κ3) is 5.70. The zero-order valence-electron chi connectivity index (χ0n) is 15.6. The number of amides is 2. The second-order valence-electron chi connectivity index (χ2n) is 5.90. The van der Waals surface area contributed by atoms with E-state index in [-0.39, 0.29) is 37.1 Å². The number of halogens is 1. The number of hydrogen-bond acceptors (Lipinski definition) is 4. The average Bonchev–Trinajstić information content (AvgIpc) is 2.66. The van der Waals surface area contributed by atoms with Gasteiger partial charge in [0.1, 0.15) is 5.82 Å². The molecule has 0 bridgehead atoms. The van der Waals surface area contributed by atoms with Gasteiger partial charge in [0, 0.05) is 43.8 Å². The van der Waals surface area contributed by atoms with Crippen molar-refractivity contribution in [3.05, 3.63) is 53.8 Å². The van der Waals surface area contributed by atoms with Crippen molar-refractivity contribution in [3.63, 3.8) is 0 Å². The van der Waals surface area contributed by atoms with Crippen molar-refractivity contribution in [3.8, 4) is 11.5 Å². The van der Waals surface area contributed by atoms with Crippen molar-refractivity contribution >= 4 is 17.5 Å². The van der Waals surface area contributed by atoms with Gasteiger partial charge in [-0.3, -0.25) is 9.59 Å². The van der Waals surface area contributed by atoms with Crippen LogP contribution in [-0.4, -0.2) is 37.5 Å². The highest BCUT2D eigenvalue weighted by Crippen LogP contribution is 2.29. The Bertz CT molecular complexity index is 810. The van der Waals surface area contributed by atoms with Crippen LogP contribution in [0.2, 0.25) is 0 Å². The van der Waals surface area contributed by atoms with Gasteiger partial charge in [-0.25, -0.2) is 4.39 Å². The maximum Gasteiger partial charge on any atom is 0.226 e. The molecule has 0 fully saturated rings. The van der Waals surface area contributed by atoms with Crippen LogP contribution < -0.4 is 14.8 Å². The molecule has 2 rings (SSSR count). The number of benzene rings is 2. The Balaban J connectivity index is 1.96. The zero-order valence-corrected chi connectivity index (χ0v) is 15.6. The summed E-state index contributed by atoms with van der Waals surface area (Å²) in [6.07, 6.45) is 0.0857. The third-order valence-corrected chi connectivity index (χ3v) is 4.04. The Hall–Kier alpha value is -3.09. The van der Waals surface area contributed by atoms with Crippen LogP contribution in [0.1, 0.15) is 18.9 Å². The predicted molar refractivity (Wildman–Crippen MR) is 100 cm³/mol. The van der Waals surface area contributed by atoms with E-state index >= 15 is 0 Å². The number of carbonyl (C=O) groups excluding carboxylic acids is 2. The monoisotopic (exact) mass is 374 g/mol. The molecule has 0 aliphatic heterocycles. The van der Waals surface area contributed by atoms with Gasteiger partial charge in [0.05, 0.1) is 14.2 Å². The van der Waals surface area contributed by atoms with E-state index in [0.717, 1.165) is 0 Å². The summed E-state index contributed by atoms with van der Waals surface area (Å²) in [4.78, 5) is 25.5. The molecule has 6 nitrogen and oxygen atoms in total. The maximum absolute atomic E-state index is 13.8. The topological polar surface area (TPSA) is 67.9 Å². The van der Waals surface area contributed by atoms with Crippen molar-refractivity contribution in [1.29, 1.82) is 0 Å². The van der Waals surface area contributed by atoms with Crippen LogP contribution in [0, 0.1) is 5.82 Å². The van der Waals surface area contributed by atoms with E-state index in [0.29, 0.717) is 22.7 Å². The summed E-state index contributed by atoms with van der Waals surface area (Å²) in [6.45, 7) is 1.70. The minimum Gasteiger partial charge on any atom is -0.493 e. The van der Waals surface area contributed by atoms with Crippen LogP contribution in [0.15, 0.2) is 42.5 Å². The van der Waals surface area contributed by atoms with Crippen molar-refractivity contribution in [2.24, 2.45) is 0 Å². The average molecular weight is 374 g/mol. The molecule has 0 radical (unpaired) electrons. The Morgan fingerprint density at radius 1 is 1.07 bits per heavy atom. The van der Waals surface area contributed by atoms with Gasteiger partial charge in [0.25, 0.3) is 0 Å². The highest BCUT2D eigenvalue weighted by Gasteiger charge is 2.14. The number of nitrogens with one attached hydrogen (secondary N) is 1. The fourth-order valence-electron chi connectivity index (χ4n) is 2.55. The summed E-state index contributed by atoms with van der Waals surface area (Å²) in [6, 6.07) is 11.3. The molecule has 1 N–H and O–H groups in total. The molecule has 0 aliphatic carbocycles. The quantitative estimate of drug-likeness (QED) is 0.770. The first kappa shape index (κ1) is 20.2. The third-order valence-electron chi connectivity index (χ3n) is 4.04. The largest absolute Gasteiger partial charge is 0.493 e. The molecule has 144 valence electrons. The number of hydrogen-bond donors (Lipinski definition) is 1. The van der Waals surface area contributed by atoms with E-state index in [1.54, 1.807) is 36.4 Å². The summed E-state index contributed by atoms with van der Waals surface area (Å²) in [5.41, 5.74) is 0.967. The molecular formula is C20H23FN2O4. The van der Waals surface area contributed by atoms with E-state index < -0.39 is 0 Å². The van der Waals surface area contributed by atoms with Gasteiger partial charge in [-0.15, -0.1) is 0 Å². The van der Waals surface area contributed by atoms with E-state index in [1.807, 2.05) is 0 Å². The SMILES string of the molecule is COc1ccc(NC(=O)CCN(Cc2ccccc2F)C(C)=O)cc1OC. The van der Waals surface area contributed by atoms with Crippen molar-refractivity contribution < 1.29 is 23.5 Å². The fraction of sp³-hybridized carbons (Fsp3) is 0.300. The van der Waals surface area contributed by atoms with Crippen LogP contribution in [0.5, 0.6) is 11.5 Å². The minimum atomic E-state index is -0.376. The molecule has 0 saturated carbocycles. The molecule has 0 aliphatic rings. The van der Waals surface area contributed by atoms with Crippen LogP contribution in [0.3, 0.4) is 0 Å². The van der Waals surface area contributed by atoms with E-state index in [1.165, 1.54) is 32.1 Å². The Morgan fingerprint density at radius 3 is 2.41 bits per heavy atom. The Kier molecular flexibility index (Phi) is 7.16. The number of nitrogens with zero attached hydrogens (tertiary/aromatic N) is 1. The van der Waals surface area contributed by atoms with Gasteiger partial charge in [-0.2, -0.15) is 0 Å². The molecule has 27 heavy (non-hydrogen) atoms. The van der Waals surface area contributed by atoms with Crippen LogP contribution in [0.25, 0.3) is 0 Å². The minimum absolute atomic E-state index is 0.0857. The summed E-state index contributed by atoms with van der Waals surface area (Å²) in [5, 5.41) is 2.75. The molecule has 7 heteroatoms. The summed E-state index contributed by atoms with van der Waals surface area (Å²) < 4.78 is 24.1. The van der Waals surface area contributed by atoms with Crippen LogP contribution >= 0.6 is 0 Å². The number of anilines is 1. The first-order valence-electron chi connectivity index (χ1n) is 8.45. The molecule has 0 atom stereocenters. The second-order valence-corrected chi connectivity index (χ2v) is 5.90. The van der Waals surface area contributed by atoms with Gasteiger partial charge in [-0.05, 0) is 18.2 Å². The number of methoxy groups -OCH3 is 2. The highest BCUT2D eigenvalue weighted by molar-refractivity contribution is 5.91. The standard InChI is InChI=1S/C20H23FN2O4/c1-14(24)23(13-15-6-4-5-7-17(15)21)11-10-20(25)22-16-8-9-18(26-2)19(12-16)27-3/h4-9,12H,10-11,13H2,1-3H3,(H,22,25).